The molecular weight excluding hydrogens is 456 g/mol. The quantitative estimate of drug-likeness (QED) is 0.394. The molecule has 0 saturated heterocycles. The van der Waals surface area contributed by atoms with Gasteiger partial charge in [0, 0.05) is 17.5 Å². The summed E-state index contributed by atoms with van der Waals surface area (Å²) in [6.45, 7) is 4.41. The van der Waals surface area contributed by atoms with Crippen molar-refractivity contribution >= 4 is 17.5 Å². The highest BCUT2D eigenvalue weighted by Gasteiger charge is 2.34. The topological polar surface area (TPSA) is 103 Å². The maximum Gasteiger partial charge on any atom is 0.255 e. The first-order valence-corrected chi connectivity index (χ1v) is 11.6. The molecular formula is C27H26N6O3. The number of carbonyl (C=O) groups excluding carboxylic acids is 1. The minimum atomic E-state index is -0.507. The van der Waals surface area contributed by atoms with Gasteiger partial charge in [-0.05, 0) is 67.9 Å². The summed E-state index contributed by atoms with van der Waals surface area (Å²) in [6.07, 6.45) is 3.27. The van der Waals surface area contributed by atoms with Crippen LogP contribution in [0.1, 0.15) is 25.5 Å². The number of aromatic nitrogens is 4. The van der Waals surface area contributed by atoms with Crippen molar-refractivity contribution in [1.29, 1.82) is 0 Å². The van der Waals surface area contributed by atoms with Crippen LogP contribution in [-0.4, -0.2) is 39.4 Å². The molecule has 5 rings (SSSR count). The summed E-state index contributed by atoms with van der Waals surface area (Å²) in [7, 11) is 1.62. The Hall–Kier alpha value is -4.66. The summed E-state index contributed by atoms with van der Waals surface area (Å²) in [4.78, 5) is 22.4. The van der Waals surface area contributed by atoms with E-state index in [4.69, 9.17) is 19.6 Å². The van der Waals surface area contributed by atoms with E-state index >= 15 is 0 Å². The Morgan fingerprint density at radius 3 is 2.50 bits per heavy atom. The Labute approximate surface area is 208 Å². The van der Waals surface area contributed by atoms with Crippen LogP contribution in [0.3, 0.4) is 0 Å². The van der Waals surface area contributed by atoms with E-state index in [1.54, 1.807) is 36.3 Å². The lowest BCUT2D eigenvalue weighted by Crippen LogP contribution is -2.31. The van der Waals surface area contributed by atoms with Crippen LogP contribution < -0.4 is 20.1 Å². The molecule has 1 atom stereocenters. The molecule has 0 saturated carbocycles. The van der Waals surface area contributed by atoms with E-state index in [9.17, 15) is 4.79 Å². The lowest BCUT2D eigenvalue weighted by Gasteiger charge is -2.28. The Bertz CT molecular complexity index is 1400. The first-order chi connectivity index (χ1) is 17.6. The zero-order chi connectivity index (χ0) is 25.1. The monoisotopic (exact) mass is 482 g/mol. The number of benzene rings is 2. The van der Waals surface area contributed by atoms with Crippen LogP contribution >= 0.6 is 0 Å². The lowest BCUT2D eigenvalue weighted by atomic mass is 9.95. The third-order valence-electron chi connectivity index (χ3n) is 5.87. The van der Waals surface area contributed by atoms with Crippen molar-refractivity contribution < 1.29 is 14.3 Å². The number of carbonyl (C=O) groups is 1. The van der Waals surface area contributed by atoms with Gasteiger partial charge in [0.1, 0.15) is 17.5 Å². The molecule has 0 radical (unpaired) electrons. The molecule has 2 aromatic heterocycles. The summed E-state index contributed by atoms with van der Waals surface area (Å²) >= 11 is 0. The van der Waals surface area contributed by atoms with Gasteiger partial charge in [-0.2, -0.15) is 4.98 Å². The number of anilines is 2. The fourth-order valence-electron chi connectivity index (χ4n) is 4.16. The summed E-state index contributed by atoms with van der Waals surface area (Å²) < 4.78 is 12.6. The second kappa shape index (κ2) is 9.91. The van der Waals surface area contributed by atoms with Gasteiger partial charge >= 0.3 is 0 Å². The standard InChI is InChI=1S/C27H26N6O3/c1-4-36-22-13-9-19(10-14-22)25-31-27-29-17(2)23(26(34)30-20-6-5-15-28-16-20)24(33(27)32-25)18-7-11-21(35-3)12-8-18/h5-16,24H,4H2,1-3H3,(H,30,34)(H,29,31,32). The molecule has 2 aromatic carbocycles. The van der Waals surface area contributed by atoms with Crippen molar-refractivity contribution in [3.8, 4) is 22.9 Å². The fourth-order valence-corrected chi connectivity index (χ4v) is 4.16. The summed E-state index contributed by atoms with van der Waals surface area (Å²) in [5, 5.41) is 11.0. The van der Waals surface area contributed by atoms with Crippen LogP contribution in [-0.2, 0) is 4.79 Å². The molecule has 1 aliphatic heterocycles. The van der Waals surface area contributed by atoms with Crippen LogP contribution in [0.2, 0.25) is 0 Å². The zero-order valence-electron chi connectivity index (χ0n) is 20.2. The third kappa shape index (κ3) is 4.50. The lowest BCUT2D eigenvalue weighted by molar-refractivity contribution is -0.113. The maximum atomic E-state index is 13.5. The van der Waals surface area contributed by atoms with Gasteiger partial charge in [-0.25, -0.2) is 4.68 Å². The van der Waals surface area contributed by atoms with E-state index in [0.717, 1.165) is 22.6 Å². The van der Waals surface area contributed by atoms with E-state index in [1.165, 1.54) is 0 Å². The first-order valence-electron chi connectivity index (χ1n) is 11.6. The molecule has 9 heteroatoms. The van der Waals surface area contributed by atoms with E-state index < -0.39 is 6.04 Å². The van der Waals surface area contributed by atoms with E-state index in [1.807, 2.05) is 62.4 Å². The number of nitrogens with zero attached hydrogens (tertiary/aromatic N) is 4. The smallest absolute Gasteiger partial charge is 0.255 e. The Morgan fingerprint density at radius 1 is 1.08 bits per heavy atom. The van der Waals surface area contributed by atoms with Gasteiger partial charge in [-0.1, -0.05) is 12.1 Å². The number of hydrogen-bond donors (Lipinski definition) is 2. The SMILES string of the molecule is CCOc1ccc(-c2nc3n(n2)C(c2ccc(OC)cc2)C(C(=O)Nc2cccnc2)=C(C)N3)cc1. The highest BCUT2D eigenvalue weighted by molar-refractivity contribution is 6.05. The van der Waals surface area contributed by atoms with Crippen molar-refractivity contribution in [3.63, 3.8) is 0 Å². The number of rotatable bonds is 7. The minimum Gasteiger partial charge on any atom is -0.497 e. The highest BCUT2D eigenvalue weighted by Crippen LogP contribution is 2.37. The fraction of sp³-hybridized carbons (Fsp3) is 0.185. The number of pyridine rings is 1. The van der Waals surface area contributed by atoms with Gasteiger partial charge in [0.15, 0.2) is 5.82 Å². The Balaban J connectivity index is 1.56. The van der Waals surface area contributed by atoms with Gasteiger partial charge in [-0.15, -0.1) is 5.10 Å². The van der Waals surface area contributed by atoms with Gasteiger partial charge in [0.25, 0.3) is 5.91 Å². The Kier molecular flexibility index (Phi) is 6.36. The van der Waals surface area contributed by atoms with Crippen LogP contribution in [0.4, 0.5) is 11.6 Å². The molecule has 4 aromatic rings. The van der Waals surface area contributed by atoms with Gasteiger partial charge in [0.05, 0.1) is 31.2 Å². The number of ether oxygens (including phenoxy) is 2. The summed E-state index contributed by atoms with van der Waals surface area (Å²) in [6, 6.07) is 18.3. The number of allylic oxidation sites excluding steroid dienone is 1. The molecule has 3 heterocycles. The van der Waals surface area contributed by atoms with Crippen molar-refractivity contribution in [1.82, 2.24) is 19.7 Å². The number of hydrogen-bond acceptors (Lipinski definition) is 7. The number of nitrogens with one attached hydrogen (secondary N) is 2. The molecule has 36 heavy (non-hydrogen) atoms. The third-order valence-corrected chi connectivity index (χ3v) is 5.87. The first kappa shape index (κ1) is 23.1. The average Bonchev–Trinajstić information content (AvgIpc) is 3.32. The number of amides is 1. The summed E-state index contributed by atoms with van der Waals surface area (Å²) in [5.41, 5.74) is 3.54. The predicted octanol–water partition coefficient (Wildman–Crippen LogP) is 4.68. The molecule has 0 bridgehead atoms. The number of fused-ring (bicyclic) bond motifs is 1. The second-order valence-electron chi connectivity index (χ2n) is 8.20. The molecule has 0 spiro atoms. The van der Waals surface area contributed by atoms with Crippen LogP contribution in [0.5, 0.6) is 11.5 Å². The van der Waals surface area contributed by atoms with Crippen molar-refractivity contribution in [2.24, 2.45) is 0 Å². The van der Waals surface area contributed by atoms with Crippen molar-refractivity contribution in [3.05, 3.63) is 89.9 Å². The maximum absolute atomic E-state index is 13.5. The molecule has 0 fully saturated rings. The van der Waals surface area contributed by atoms with Crippen molar-refractivity contribution in [2.45, 2.75) is 19.9 Å². The molecule has 1 amide bonds. The van der Waals surface area contributed by atoms with E-state index in [0.29, 0.717) is 35.3 Å². The zero-order valence-corrected chi connectivity index (χ0v) is 20.2. The highest BCUT2D eigenvalue weighted by atomic mass is 16.5. The molecule has 182 valence electrons. The Morgan fingerprint density at radius 2 is 1.83 bits per heavy atom. The predicted molar refractivity (Wildman–Crippen MR) is 137 cm³/mol. The molecule has 1 aliphatic rings. The van der Waals surface area contributed by atoms with Gasteiger partial charge in [0.2, 0.25) is 5.95 Å². The van der Waals surface area contributed by atoms with E-state index in [-0.39, 0.29) is 5.91 Å². The van der Waals surface area contributed by atoms with E-state index in [2.05, 4.69) is 15.6 Å². The minimum absolute atomic E-state index is 0.252. The average molecular weight is 483 g/mol. The summed E-state index contributed by atoms with van der Waals surface area (Å²) in [5.74, 6) is 2.35. The van der Waals surface area contributed by atoms with Gasteiger partial charge in [-0.3, -0.25) is 9.78 Å². The normalized spacial score (nSPS) is 14.6. The van der Waals surface area contributed by atoms with Crippen LogP contribution in [0.15, 0.2) is 84.3 Å². The molecule has 1 unspecified atom stereocenters. The largest absolute Gasteiger partial charge is 0.497 e. The van der Waals surface area contributed by atoms with Crippen molar-refractivity contribution in [2.75, 3.05) is 24.4 Å². The molecule has 0 aliphatic carbocycles. The number of methoxy groups -OCH3 is 1. The van der Waals surface area contributed by atoms with Crippen LogP contribution in [0, 0.1) is 0 Å². The van der Waals surface area contributed by atoms with Crippen LogP contribution in [0.25, 0.3) is 11.4 Å². The molecule has 2 N–H and O–H groups in total. The molecule has 9 nitrogen and oxygen atoms in total. The van der Waals surface area contributed by atoms with Gasteiger partial charge < -0.3 is 20.1 Å². The second-order valence-corrected chi connectivity index (χ2v) is 8.20.